The number of halogens is 4. The molecule has 0 aliphatic rings. The average molecular weight is 192 g/mol. The van der Waals surface area contributed by atoms with Crippen molar-refractivity contribution in [2.75, 3.05) is 0 Å². The maximum absolute atomic E-state index is 12.1. The van der Waals surface area contributed by atoms with E-state index in [1.165, 1.54) is 6.92 Å². The van der Waals surface area contributed by atoms with Crippen LogP contribution in [0.5, 0.6) is 0 Å². The molecule has 0 atom stereocenters. The third-order valence-corrected chi connectivity index (χ3v) is 1.81. The van der Waals surface area contributed by atoms with E-state index in [1.807, 2.05) is 0 Å². The van der Waals surface area contributed by atoms with Gasteiger partial charge in [0, 0.05) is 0 Å². The predicted octanol–water partition coefficient (Wildman–Crippen LogP) is 3.48. The molecule has 1 rings (SSSR count). The lowest BCUT2D eigenvalue weighted by atomic mass is 10.1. The lowest BCUT2D eigenvalue weighted by Gasteiger charge is -2.08. The maximum atomic E-state index is 12.1. The van der Waals surface area contributed by atoms with Gasteiger partial charge in [0.1, 0.15) is 6.67 Å². The zero-order valence-corrected chi connectivity index (χ0v) is 6.95. The van der Waals surface area contributed by atoms with Crippen molar-refractivity contribution in [3.8, 4) is 0 Å². The molecule has 0 saturated heterocycles. The van der Waals surface area contributed by atoms with Crippen LogP contribution in [0.25, 0.3) is 0 Å². The largest absolute Gasteiger partial charge is 0.416 e. The highest BCUT2D eigenvalue weighted by Crippen LogP contribution is 2.30. The Bertz CT molecular complexity index is 301. The van der Waals surface area contributed by atoms with Gasteiger partial charge in [0.15, 0.2) is 0 Å². The summed E-state index contributed by atoms with van der Waals surface area (Å²) in [4.78, 5) is 0. The molecule has 1 aromatic carbocycles. The van der Waals surface area contributed by atoms with Crippen molar-refractivity contribution in [2.24, 2.45) is 0 Å². The fourth-order valence-corrected chi connectivity index (χ4v) is 1.02. The molecule has 0 heterocycles. The summed E-state index contributed by atoms with van der Waals surface area (Å²) in [5.41, 5.74) is -0.104. The first-order chi connectivity index (χ1) is 5.95. The van der Waals surface area contributed by atoms with Gasteiger partial charge in [-0.3, -0.25) is 0 Å². The molecule has 0 aliphatic heterocycles. The number of benzene rings is 1. The lowest BCUT2D eigenvalue weighted by Crippen LogP contribution is -2.05. The first kappa shape index (κ1) is 10.0. The number of alkyl halides is 4. The Morgan fingerprint density at radius 3 is 2.23 bits per heavy atom. The molecule has 0 N–H and O–H groups in total. The molecule has 0 amide bonds. The zero-order chi connectivity index (χ0) is 10.1. The van der Waals surface area contributed by atoms with Crippen LogP contribution >= 0.6 is 0 Å². The van der Waals surface area contributed by atoms with Gasteiger partial charge in [0.25, 0.3) is 0 Å². The highest BCUT2D eigenvalue weighted by molar-refractivity contribution is 5.31. The number of hydrogen-bond acceptors (Lipinski definition) is 0. The molecule has 0 saturated carbocycles. The van der Waals surface area contributed by atoms with Crippen LogP contribution in [-0.2, 0) is 12.9 Å². The predicted molar refractivity (Wildman–Crippen MR) is 41.0 cm³/mol. The first-order valence-corrected chi connectivity index (χ1v) is 3.68. The Labute approximate surface area is 73.2 Å². The van der Waals surface area contributed by atoms with Crippen LogP contribution in [-0.4, -0.2) is 0 Å². The molecular formula is C9H8F4. The molecule has 0 spiro atoms. The molecule has 1 aromatic rings. The minimum atomic E-state index is -4.35. The molecule has 0 aliphatic carbocycles. The van der Waals surface area contributed by atoms with Crippen molar-refractivity contribution in [1.29, 1.82) is 0 Å². The standard InChI is InChI=1S/C9H8F4/c1-6-4-8(9(11,12)13)3-2-7(6)5-10/h2-4H,5H2,1H3. The fraction of sp³-hybridized carbons (Fsp3) is 0.333. The van der Waals surface area contributed by atoms with Gasteiger partial charge in [0.2, 0.25) is 0 Å². The average Bonchev–Trinajstić information content (AvgIpc) is 2.02. The highest BCUT2D eigenvalue weighted by atomic mass is 19.4. The second kappa shape index (κ2) is 3.36. The minimum absolute atomic E-state index is 0.299. The molecule has 4 heteroatoms. The van der Waals surface area contributed by atoms with Crippen molar-refractivity contribution < 1.29 is 17.6 Å². The van der Waals surface area contributed by atoms with Crippen molar-refractivity contribution in [3.05, 3.63) is 34.9 Å². The molecular weight excluding hydrogens is 184 g/mol. The van der Waals surface area contributed by atoms with Gasteiger partial charge < -0.3 is 0 Å². The Kier molecular flexibility index (Phi) is 2.59. The summed E-state index contributed by atoms with van der Waals surface area (Å²) in [6.07, 6.45) is -4.35. The summed E-state index contributed by atoms with van der Waals surface area (Å²) < 4.78 is 48.5. The van der Waals surface area contributed by atoms with Crippen LogP contribution in [0.2, 0.25) is 0 Å². The molecule has 0 aromatic heterocycles. The van der Waals surface area contributed by atoms with Gasteiger partial charge in [-0.25, -0.2) is 4.39 Å². The minimum Gasteiger partial charge on any atom is -0.246 e. The summed E-state index contributed by atoms with van der Waals surface area (Å²) in [5, 5.41) is 0. The molecule has 72 valence electrons. The molecule has 0 nitrogen and oxygen atoms in total. The molecule has 13 heavy (non-hydrogen) atoms. The van der Waals surface area contributed by atoms with Crippen LogP contribution in [0, 0.1) is 6.92 Å². The zero-order valence-electron chi connectivity index (χ0n) is 6.95. The van der Waals surface area contributed by atoms with Crippen molar-refractivity contribution in [2.45, 2.75) is 19.8 Å². The molecule has 0 unspecified atom stereocenters. The maximum Gasteiger partial charge on any atom is 0.416 e. The van der Waals surface area contributed by atoms with E-state index in [9.17, 15) is 17.6 Å². The Morgan fingerprint density at radius 1 is 1.23 bits per heavy atom. The monoisotopic (exact) mass is 192 g/mol. The highest BCUT2D eigenvalue weighted by Gasteiger charge is 2.30. The SMILES string of the molecule is Cc1cc(C(F)(F)F)ccc1CF. The third-order valence-electron chi connectivity index (χ3n) is 1.81. The summed E-state index contributed by atoms with van der Waals surface area (Å²) in [5.74, 6) is 0. The van der Waals surface area contributed by atoms with Crippen molar-refractivity contribution >= 4 is 0 Å². The fourth-order valence-electron chi connectivity index (χ4n) is 1.02. The van der Waals surface area contributed by atoms with E-state index in [1.54, 1.807) is 0 Å². The summed E-state index contributed by atoms with van der Waals surface area (Å²) in [6.45, 7) is 0.730. The Hall–Kier alpha value is -1.06. The topological polar surface area (TPSA) is 0 Å². The second-order valence-electron chi connectivity index (χ2n) is 2.77. The number of rotatable bonds is 1. The first-order valence-electron chi connectivity index (χ1n) is 3.68. The van der Waals surface area contributed by atoms with E-state index in [2.05, 4.69) is 0 Å². The van der Waals surface area contributed by atoms with Gasteiger partial charge in [-0.1, -0.05) is 6.07 Å². The van der Waals surface area contributed by atoms with Gasteiger partial charge >= 0.3 is 6.18 Å². The quantitative estimate of drug-likeness (QED) is 0.597. The molecule has 0 bridgehead atoms. The third kappa shape index (κ3) is 2.20. The van der Waals surface area contributed by atoms with Crippen LogP contribution in [0.1, 0.15) is 16.7 Å². The lowest BCUT2D eigenvalue weighted by molar-refractivity contribution is -0.137. The number of hydrogen-bond donors (Lipinski definition) is 0. The number of aryl methyl sites for hydroxylation is 1. The van der Waals surface area contributed by atoms with Crippen molar-refractivity contribution in [1.82, 2.24) is 0 Å². The van der Waals surface area contributed by atoms with Crippen LogP contribution < -0.4 is 0 Å². The second-order valence-corrected chi connectivity index (χ2v) is 2.77. The van der Waals surface area contributed by atoms with Gasteiger partial charge in [0.05, 0.1) is 5.56 Å². The summed E-state index contributed by atoms with van der Waals surface area (Å²) in [6, 6.07) is 3.01. The van der Waals surface area contributed by atoms with Crippen molar-refractivity contribution in [3.63, 3.8) is 0 Å². The Morgan fingerprint density at radius 2 is 1.85 bits per heavy atom. The van der Waals surface area contributed by atoms with Gasteiger partial charge in [-0.15, -0.1) is 0 Å². The normalized spacial score (nSPS) is 11.8. The smallest absolute Gasteiger partial charge is 0.246 e. The van der Waals surface area contributed by atoms with Crippen LogP contribution in [0.4, 0.5) is 17.6 Å². The van der Waals surface area contributed by atoms with E-state index in [0.717, 1.165) is 18.2 Å². The van der Waals surface area contributed by atoms with E-state index in [0.29, 0.717) is 11.1 Å². The van der Waals surface area contributed by atoms with Gasteiger partial charge in [-0.05, 0) is 30.2 Å². The van der Waals surface area contributed by atoms with Crippen LogP contribution in [0.15, 0.2) is 18.2 Å². The Balaban J connectivity index is 3.10. The molecule has 0 radical (unpaired) electrons. The van der Waals surface area contributed by atoms with E-state index < -0.39 is 18.4 Å². The van der Waals surface area contributed by atoms with E-state index in [-0.39, 0.29) is 0 Å². The van der Waals surface area contributed by atoms with E-state index >= 15 is 0 Å². The summed E-state index contributed by atoms with van der Waals surface area (Å²) in [7, 11) is 0. The van der Waals surface area contributed by atoms with E-state index in [4.69, 9.17) is 0 Å². The van der Waals surface area contributed by atoms with Gasteiger partial charge in [-0.2, -0.15) is 13.2 Å². The molecule has 0 fully saturated rings. The van der Waals surface area contributed by atoms with Crippen LogP contribution in [0.3, 0.4) is 0 Å². The summed E-state index contributed by atoms with van der Waals surface area (Å²) >= 11 is 0.